The van der Waals surface area contributed by atoms with E-state index in [2.05, 4.69) is 6.07 Å². The first-order chi connectivity index (χ1) is 12.1. The smallest absolute Gasteiger partial charge is 0.359 e. The molecule has 0 aromatic carbocycles. The third kappa shape index (κ3) is 3.90. The quantitative estimate of drug-likeness (QED) is 0.765. The minimum absolute atomic E-state index is 0.0370. The summed E-state index contributed by atoms with van der Waals surface area (Å²) in [6.45, 7) is 17.5. The van der Waals surface area contributed by atoms with Crippen LogP contribution in [0.1, 0.15) is 89.8 Å². The molecule has 2 aromatic heterocycles. The Balaban J connectivity index is 2.94. The van der Waals surface area contributed by atoms with Crippen molar-refractivity contribution in [1.29, 1.82) is 5.26 Å². The minimum atomic E-state index is -0.702. The lowest BCUT2D eigenvalue weighted by atomic mass is 9.82. The van der Waals surface area contributed by atoms with Crippen molar-refractivity contribution >= 4 is 17.3 Å². The number of carbonyl (C=O) groups is 1. The van der Waals surface area contributed by atoms with E-state index in [9.17, 15) is 10.1 Å². The topological polar surface area (TPSA) is 106 Å². The summed E-state index contributed by atoms with van der Waals surface area (Å²) in [5.74, 6) is -0.630. The molecule has 0 spiro atoms. The number of aromatic nitrogens is 3. The van der Waals surface area contributed by atoms with Crippen molar-refractivity contribution in [1.82, 2.24) is 14.6 Å². The van der Waals surface area contributed by atoms with E-state index in [0.29, 0.717) is 0 Å². The number of nitriles is 1. The third-order valence-electron chi connectivity index (χ3n) is 3.93. The molecule has 0 aliphatic rings. The number of carbonyl (C=O) groups excluding carboxylic acids is 1. The maximum Gasteiger partial charge on any atom is 0.359 e. The van der Waals surface area contributed by atoms with Crippen LogP contribution >= 0.6 is 0 Å². The Bertz CT molecular complexity index is 945. The Morgan fingerprint density at radius 3 is 1.96 bits per heavy atom. The number of esters is 1. The molecule has 0 saturated carbocycles. The van der Waals surface area contributed by atoms with Crippen LogP contribution in [0.2, 0.25) is 0 Å². The van der Waals surface area contributed by atoms with Gasteiger partial charge < -0.3 is 10.5 Å². The standard InChI is InChI=1S/C20H29N5O2/c1-18(2,3)14-15(19(4,5)6)24-25-13(17(26)27-20(7,8)9)12(22)11(10-21)16(25)23-14/h22H2,1-9H3. The number of rotatable bonds is 1. The molecular formula is C20H29N5O2. The van der Waals surface area contributed by atoms with Crippen LogP contribution in [0.4, 0.5) is 5.69 Å². The van der Waals surface area contributed by atoms with E-state index in [4.69, 9.17) is 20.6 Å². The average molecular weight is 371 g/mol. The van der Waals surface area contributed by atoms with Gasteiger partial charge in [-0.1, -0.05) is 41.5 Å². The highest BCUT2D eigenvalue weighted by Gasteiger charge is 2.33. The van der Waals surface area contributed by atoms with Crippen molar-refractivity contribution in [3.8, 4) is 6.07 Å². The van der Waals surface area contributed by atoms with E-state index in [0.717, 1.165) is 11.4 Å². The van der Waals surface area contributed by atoms with Crippen molar-refractivity contribution in [2.75, 3.05) is 5.73 Å². The molecule has 7 nitrogen and oxygen atoms in total. The number of ether oxygens (including phenoxy) is 1. The number of nitrogens with two attached hydrogens (primary N) is 1. The third-order valence-corrected chi connectivity index (χ3v) is 3.93. The molecule has 0 atom stereocenters. The zero-order chi connectivity index (χ0) is 20.9. The first-order valence-electron chi connectivity index (χ1n) is 8.94. The lowest BCUT2D eigenvalue weighted by molar-refractivity contribution is 0.00615. The Kier molecular flexibility index (Phi) is 4.77. The van der Waals surface area contributed by atoms with Crippen LogP contribution < -0.4 is 5.73 Å². The number of fused-ring (bicyclic) bond motifs is 1. The molecule has 2 N–H and O–H groups in total. The van der Waals surface area contributed by atoms with E-state index in [1.165, 1.54) is 4.52 Å². The van der Waals surface area contributed by atoms with Crippen LogP contribution in [0.5, 0.6) is 0 Å². The number of nitrogens with zero attached hydrogens (tertiary/aromatic N) is 4. The van der Waals surface area contributed by atoms with Crippen LogP contribution in [-0.4, -0.2) is 26.2 Å². The second kappa shape index (κ2) is 6.22. The van der Waals surface area contributed by atoms with E-state index >= 15 is 0 Å². The van der Waals surface area contributed by atoms with Crippen LogP contribution in [0.3, 0.4) is 0 Å². The summed E-state index contributed by atoms with van der Waals surface area (Å²) >= 11 is 0. The first kappa shape index (κ1) is 20.7. The fraction of sp³-hybridized carbons (Fsp3) is 0.600. The lowest BCUT2D eigenvalue weighted by Gasteiger charge is -2.27. The molecule has 146 valence electrons. The second-order valence-electron chi connectivity index (χ2n) is 9.80. The molecular weight excluding hydrogens is 342 g/mol. The lowest BCUT2D eigenvalue weighted by Crippen LogP contribution is -2.29. The maximum atomic E-state index is 12.8. The highest BCUT2D eigenvalue weighted by Crippen LogP contribution is 2.34. The van der Waals surface area contributed by atoms with E-state index in [-0.39, 0.29) is 33.4 Å². The van der Waals surface area contributed by atoms with Crippen molar-refractivity contribution in [3.63, 3.8) is 0 Å². The second-order valence-corrected chi connectivity index (χ2v) is 9.80. The zero-order valence-electron chi connectivity index (χ0n) is 17.7. The Hall–Kier alpha value is -2.62. The summed E-state index contributed by atoms with van der Waals surface area (Å²) in [6.07, 6.45) is 0. The fourth-order valence-electron chi connectivity index (χ4n) is 2.73. The molecule has 2 heterocycles. The van der Waals surface area contributed by atoms with Gasteiger partial charge in [-0.05, 0) is 20.8 Å². The summed E-state index contributed by atoms with van der Waals surface area (Å²) in [5, 5.41) is 14.3. The van der Waals surface area contributed by atoms with Crippen LogP contribution in [-0.2, 0) is 15.6 Å². The number of hydrogen-bond donors (Lipinski definition) is 1. The van der Waals surface area contributed by atoms with Crippen molar-refractivity contribution in [2.24, 2.45) is 0 Å². The predicted octanol–water partition coefficient (Wildman–Crippen LogP) is 3.73. The zero-order valence-corrected chi connectivity index (χ0v) is 17.7. The highest BCUT2D eigenvalue weighted by molar-refractivity contribution is 5.98. The van der Waals surface area contributed by atoms with Crippen molar-refractivity contribution < 1.29 is 9.53 Å². The van der Waals surface area contributed by atoms with Gasteiger partial charge in [0.1, 0.15) is 17.2 Å². The van der Waals surface area contributed by atoms with Crippen molar-refractivity contribution in [3.05, 3.63) is 22.6 Å². The molecule has 7 heteroatoms. The Morgan fingerprint density at radius 1 is 1.04 bits per heavy atom. The molecule has 0 unspecified atom stereocenters. The van der Waals surface area contributed by atoms with Gasteiger partial charge in [0.05, 0.1) is 17.1 Å². The van der Waals surface area contributed by atoms with Crippen LogP contribution in [0.15, 0.2) is 0 Å². The average Bonchev–Trinajstić information content (AvgIpc) is 2.72. The summed E-state index contributed by atoms with van der Waals surface area (Å²) in [4.78, 5) is 17.5. The van der Waals surface area contributed by atoms with Gasteiger partial charge >= 0.3 is 5.97 Å². The summed E-state index contributed by atoms with van der Waals surface area (Å²) in [6, 6.07) is 2.06. The number of anilines is 1. The fourth-order valence-corrected chi connectivity index (χ4v) is 2.73. The van der Waals surface area contributed by atoms with Gasteiger partial charge in [-0.15, -0.1) is 0 Å². The minimum Gasteiger partial charge on any atom is -0.455 e. The first-order valence-corrected chi connectivity index (χ1v) is 8.94. The molecule has 0 fully saturated rings. The monoisotopic (exact) mass is 371 g/mol. The SMILES string of the molecule is CC(C)(C)OC(=O)c1c(N)c(C#N)c2nc(C(C)(C)C)c(C(C)(C)C)nn12. The van der Waals surface area contributed by atoms with Gasteiger partial charge in [-0.3, -0.25) is 0 Å². The van der Waals surface area contributed by atoms with Gasteiger partial charge in [0, 0.05) is 10.8 Å². The van der Waals surface area contributed by atoms with Gasteiger partial charge in [-0.25, -0.2) is 14.3 Å². The molecule has 0 bridgehead atoms. The molecule has 0 aliphatic carbocycles. The van der Waals surface area contributed by atoms with E-state index in [1.54, 1.807) is 20.8 Å². The summed E-state index contributed by atoms with van der Waals surface area (Å²) in [7, 11) is 0. The number of hydrogen-bond acceptors (Lipinski definition) is 6. The molecule has 27 heavy (non-hydrogen) atoms. The Morgan fingerprint density at radius 2 is 1.56 bits per heavy atom. The maximum absolute atomic E-state index is 12.8. The molecule has 0 saturated heterocycles. The molecule has 0 radical (unpaired) electrons. The Labute approximate surface area is 160 Å². The van der Waals surface area contributed by atoms with Gasteiger partial charge in [0.15, 0.2) is 11.3 Å². The van der Waals surface area contributed by atoms with Gasteiger partial charge in [0.2, 0.25) is 0 Å². The van der Waals surface area contributed by atoms with E-state index < -0.39 is 11.6 Å². The molecule has 0 amide bonds. The van der Waals surface area contributed by atoms with Crippen LogP contribution in [0, 0.1) is 11.3 Å². The number of nitrogen functional groups attached to an aromatic ring is 1. The molecule has 2 aromatic rings. The van der Waals surface area contributed by atoms with E-state index in [1.807, 2.05) is 41.5 Å². The van der Waals surface area contributed by atoms with Crippen LogP contribution in [0.25, 0.3) is 5.65 Å². The largest absolute Gasteiger partial charge is 0.455 e. The van der Waals surface area contributed by atoms with Crippen molar-refractivity contribution in [2.45, 2.75) is 78.7 Å². The molecule has 2 rings (SSSR count). The summed E-state index contributed by atoms with van der Waals surface area (Å²) < 4.78 is 6.84. The molecule has 0 aliphatic heterocycles. The summed E-state index contributed by atoms with van der Waals surface area (Å²) in [5.41, 5.74) is 6.82. The highest BCUT2D eigenvalue weighted by atomic mass is 16.6. The van der Waals surface area contributed by atoms with Gasteiger partial charge in [0.25, 0.3) is 0 Å². The van der Waals surface area contributed by atoms with Gasteiger partial charge in [-0.2, -0.15) is 10.4 Å². The normalized spacial score (nSPS) is 12.9. The predicted molar refractivity (Wildman–Crippen MR) is 105 cm³/mol.